The Morgan fingerprint density at radius 1 is 0.284 bits per heavy atom. The van der Waals surface area contributed by atoms with Crippen LogP contribution in [0.2, 0.25) is 0 Å². The highest BCUT2D eigenvalue weighted by Gasteiger charge is 2.24. The highest BCUT2D eigenvalue weighted by molar-refractivity contribution is 6.18. The summed E-state index contributed by atoms with van der Waals surface area (Å²) in [7, 11) is 0. The minimum atomic E-state index is 0.839. The van der Waals surface area contributed by atoms with Crippen LogP contribution in [0.1, 0.15) is 0 Å². The third-order valence-corrected chi connectivity index (χ3v) is 13.3. The van der Waals surface area contributed by atoms with Gasteiger partial charge in [0.25, 0.3) is 0 Å². The van der Waals surface area contributed by atoms with Gasteiger partial charge in [-0.15, -0.1) is 0 Å². The van der Waals surface area contributed by atoms with Crippen molar-refractivity contribution in [2.24, 2.45) is 0 Å². The molecule has 0 aliphatic carbocycles. The molecule has 2 aromatic heterocycles. The first kappa shape index (κ1) is 38.5. The predicted octanol–water partition coefficient (Wildman–Crippen LogP) is 18.4. The van der Waals surface area contributed by atoms with E-state index in [4.69, 9.17) is 8.83 Å². The minimum Gasteiger partial charge on any atom is -0.456 e. The maximum absolute atomic E-state index is 7.06. The summed E-state index contributed by atoms with van der Waals surface area (Å²) < 4.78 is 13.7. The Morgan fingerprint density at radius 3 is 1.49 bits per heavy atom. The normalized spacial score (nSPS) is 11.6. The fourth-order valence-corrected chi connectivity index (χ4v) is 10.1. The fourth-order valence-electron chi connectivity index (χ4n) is 10.1. The summed E-state index contributed by atoms with van der Waals surface area (Å²) in [6.45, 7) is 0. The summed E-state index contributed by atoms with van der Waals surface area (Å²) in [6, 6.07) is 88.8. The van der Waals surface area contributed by atoms with Gasteiger partial charge in [-0.05, 0) is 128 Å². The van der Waals surface area contributed by atoms with Crippen LogP contribution in [0, 0.1) is 0 Å². The van der Waals surface area contributed by atoms with Crippen LogP contribution in [0.25, 0.3) is 110 Å². The SMILES string of the molecule is c1ccc(-c2ccc3c(c2)oc2ccc(N(c4ccc(-c5c(-c6ccccc6)ccc6ccccc56)cc4)c4ccc(-c5ccccc5)c5oc6cc(-c7ccccc7)ccc6c45)cc23)cc1. The molecule has 0 atom stereocenters. The predicted molar refractivity (Wildman–Crippen MR) is 280 cm³/mol. The van der Waals surface area contributed by atoms with Crippen LogP contribution in [0.3, 0.4) is 0 Å². The lowest BCUT2D eigenvalue weighted by molar-refractivity contribution is 0.669. The molecule has 13 rings (SSSR count). The van der Waals surface area contributed by atoms with E-state index >= 15 is 0 Å². The Morgan fingerprint density at radius 2 is 0.821 bits per heavy atom. The number of nitrogens with zero attached hydrogens (tertiary/aromatic N) is 1. The molecule has 0 radical (unpaired) electrons. The minimum absolute atomic E-state index is 0.839. The van der Waals surface area contributed by atoms with Gasteiger partial charge in [0, 0.05) is 33.1 Å². The van der Waals surface area contributed by atoms with E-state index in [0.29, 0.717) is 0 Å². The van der Waals surface area contributed by atoms with Gasteiger partial charge in [-0.3, -0.25) is 0 Å². The Hall–Kier alpha value is -8.92. The van der Waals surface area contributed by atoms with E-state index < -0.39 is 0 Å². The molecule has 0 aliphatic heterocycles. The Kier molecular flexibility index (Phi) is 9.17. The number of rotatable bonds is 8. The van der Waals surface area contributed by atoms with Gasteiger partial charge in [0.05, 0.1) is 11.1 Å². The molecule has 0 aliphatic rings. The first-order valence-electron chi connectivity index (χ1n) is 22.8. The van der Waals surface area contributed by atoms with Crippen molar-refractivity contribution in [2.45, 2.75) is 0 Å². The molecule has 0 fully saturated rings. The zero-order chi connectivity index (χ0) is 44.3. The number of fused-ring (bicyclic) bond motifs is 7. The number of hydrogen-bond donors (Lipinski definition) is 0. The fraction of sp³-hybridized carbons (Fsp3) is 0. The van der Waals surface area contributed by atoms with Gasteiger partial charge in [-0.1, -0.05) is 182 Å². The van der Waals surface area contributed by atoms with Gasteiger partial charge in [0.1, 0.15) is 22.3 Å². The van der Waals surface area contributed by atoms with E-state index in [2.05, 4.69) is 248 Å². The zero-order valence-corrected chi connectivity index (χ0v) is 36.4. The summed E-state index contributed by atoms with van der Waals surface area (Å²) in [5.74, 6) is 0. The molecule has 0 N–H and O–H groups in total. The first-order chi connectivity index (χ1) is 33.2. The largest absolute Gasteiger partial charge is 0.456 e. The average molecular weight is 856 g/mol. The van der Waals surface area contributed by atoms with Crippen LogP contribution in [0.4, 0.5) is 17.1 Å². The summed E-state index contributed by atoms with van der Waals surface area (Å²) >= 11 is 0. The van der Waals surface area contributed by atoms with E-state index in [1.165, 1.54) is 27.5 Å². The molecule has 0 saturated carbocycles. The summed E-state index contributed by atoms with van der Waals surface area (Å²) in [5.41, 5.74) is 17.9. The van der Waals surface area contributed by atoms with E-state index in [9.17, 15) is 0 Å². The molecule has 13 aromatic rings. The molecule has 3 heteroatoms. The molecule has 2 heterocycles. The lowest BCUT2D eigenvalue weighted by atomic mass is 9.89. The summed E-state index contributed by atoms with van der Waals surface area (Å²) in [5, 5.41) is 6.66. The van der Waals surface area contributed by atoms with Crippen molar-refractivity contribution in [1.82, 2.24) is 0 Å². The smallest absolute Gasteiger partial charge is 0.145 e. The Bertz CT molecular complexity index is 3950. The first-order valence-corrected chi connectivity index (χ1v) is 22.8. The van der Waals surface area contributed by atoms with E-state index in [1.807, 2.05) is 6.07 Å². The summed E-state index contributed by atoms with van der Waals surface area (Å²) in [6.07, 6.45) is 0. The van der Waals surface area contributed by atoms with Gasteiger partial charge in [0.2, 0.25) is 0 Å². The van der Waals surface area contributed by atoms with Crippen molar-refractivity contribution in [2.75, 3.05) is 4.90 Å². The second kappa shape index (κ2) is 16.0. The van der Waals surface area contributed by atoms with Crippen LogP contribution in [-0.2, 0) is 0 Å². The maximum atomic E-state index is 7.06. The molecule has 67 heavy (non-hydrogen) atoms. The molecule has 0 amide bonds. The molecule has 0 unspecified atom stereocenters. The number of benzene rings is 11. The van der Waals surface area contributed by atoms with E-state index in [1.54, 1.807) is 0 Å². The van der Waals surface area contributed by atoms with Crippen molar-refractivity contribution >= 4 is 71.7 Å². The van der Waals surface area contributed by atoms with Crippen molar-refractivity contribution < 1.29 is 8.83 Å². The molecular weight excluding hydrogens is 815 g/mol. The van der Waals surface area contributed by atoms with Gasteiger partial charge in [-0.25, -0.2) is 0 Å². The lowest BCUT2D eigenvalue weighted by Crippen LogP contribution is -2.10. The van der Waals surface area contributed by atoms with Crippen LogP contribution in [0.5, 0.6) is 0 Å². The molecule has 314 valence electrons. The standard InChI is InChI=1S/C64H41NO2/c1-5-15-42(16-6-1)48-28-34-55-57-41-51(32-38-59(57)66-60(55)39-48)65(50-30-25-47(26-31-50)62-52-24-14-13-23-46(52)27-33-53(62)44-19-9-3-10-20-44)58-37-36-54(45-21-11-4-12-22-45)64-63(58)56-35-29-49(40-61(56)67-64)43-17-7-2-8-18-43/h1-41H. The van der Waals surface area contributed by atoms with Crippen molar-refractivity contribution in [3.63, 3.8) is 0 Å². The lowest BCUT2D eigenvalue weighted by Gasteiger charge is -2.27. The van der Waals surface area contributed by atoms with Gasteiger partial charge in [-0.2, -0.15) is 0 Å². The van der Waals surface area contributed by atoms with Crippen LogP contribution in [0.15, 0.2) is 258 Å². The Balaban J connectivity index is 1.04. The van der Waals surface area contributed by atoms with Crippen molar-refractivity contribution in [1.29, 1.82) is 0 Å². The Labute approximate surface area is 388 Å². The van der Waals surface area contributed by atoms with Gasteiger partial charge in [0.15, 0.2) is 0 Å². The average Bonchev–Trinajstić information content (AvgIpc) is 3.98. The topological polar surface area (TPSA) is 29.5 Å². The molecule has 3 nitrogen and oxygen atoms in total. The molecular formula is C64H41NO2. The highest BCUT2D eigenvalue weighted by Crippen LogP contribution is 2.48. The van der Waals surface area contributed by atoms with Gasteiger partial charge >= 0.3 is 0 Å². The second-order valence-corrected chi connectivity index (χ2v) is 17.2. The monoisotopic (exact) mass is 855 g/mol. The maximum Gasteiger partial charge on any atom is 0.145 e. The second-order valence-electron chi connectivity index (χ2n) is 17.2. The summed E-state index contributed by atoms with van der Waals surface area (Å²) in [4.78, 5) is 2.39. The van der Waals surface area contributed by atoms with E-state index in [0.717, 1.165) is 99.9 Å². The molecule has 0 spiro atoms. The van der Waals surface area contributed by atoms with Crippen LogP contribution >= 0.6 is 0 Å². The quantitative estimate of drug-likeness (QED) is 0.152. The van der Waals surface area contributed by atoms with E-state index in [-0.39, 0.29) is 0 Å². The van der Waals surface area contributed by atoms with Crippen LogP contribution < -0.4 is 4.90 Å². The molecule has 0 saturated heterocycles. The van der Waals surface area contributed by atoms with Crippen molar-refractivity contribution in [3.8, 4) is 55.6 Å². The third kappa shape index (κ3) is 6.67. The number of anilines is 3. The number of furan rings is 2. The zero-order valence-electron chi connectivity index (χ0n) is 36.4. The highest BCUT2D eigenvalue weighted by atomic mass is 16.3. The third-order valence-electron chi connectivity index (χ3n) is 13.3. The molecule has 0 bridgehead atoms. The van der Waals surface area contributed by atoms with Crippen molar-refractivity contribution in [3.05, 3.63) is 249 Å². The van der Waals surface area contributed by atoms with Crippen LogP contribution in [-0.4, -0.2) is 0 Å². The molecule has 11 aromatic carbocycles. The number of hydrogen-bond acceptors (Lipinski definition) is 3. The van der Waals surface area contributed by atoms with Gasteiger partial charge < -0.3 is 13.7 Å².